The van der Waals surface area contributed by atoms with Gasteiger partial charge in [0.2, 0.25) is 0 Å². The molecule has 0 aliphatic heterocycles. The zero-order valence-electron chi connectivity index (χ0n) is 18.4. The molecule has 3 aromatic rings. The average Bonchev–Trinajstić information content (AvgIpc) is 2.78. The van der Waals surface area contributed by atoms with Gasteiger partial charge in [0.15, 0.2) is 14.7 Å². The summed E-state index contributed by atoms with van der Waals surface area (Å²) in [5.41, 5.74) is 0. The fourth-order valence-electron chi connectivity index (χ4n) is 2.75. The minimum Gasteiger partial charge on any atom is -0.550 e. The first-order valence-corrected chi connectivity index (χ1v) is 11.7. The van der Waals surface area contributed by atoms with Crippen LogP contribution in [0.5, 0.6) is 11.5 Å². The van der Waals surface area contributed by atoms with E-state index in [1.54, 1.807) is 0 Å². The first-order chi connectivity index (χ1) is 15.0. The molecule has 0 amide bonds. The van der Waals surface area contributed by atoms with Gasteiger partial charge < -0.3 is 19.4 Å². The Bertz CT molecular complexity index is 837. The minimum absolute atomic E-state index is 0.154. The van der Waals surface area contributed by atoms with Crippen LogP contribution in [0.15, 0.2) is 93.5 Å². The molecule has 4 nitrogen and oxygen atoms in total. The van der Waals surface area contributed by atoms with Gasteiger partial charge in [-0.2, -0.15) is 0 Å². The normalized spacial score (nSPS) is 10.2. The highest BCUT2D eigenvalue weighted by molar-refractivity contribution is 7.97. The summed E-state index contributed by atoms with van der Waals surface area (Å²) in [6, 6.07) is 27.7. The molecule has 0 fully saturated rings. The molecule has 0 saturated heterocycles. The lowest BCUT2D eigenvalue weighted by Crippen LogP contribution is -2.16. The Labute approximate surface area is 188 Å². The number of aliphatic carboxylic acids is 1. The predicted octanol–water partition coefficient (Wildman–Crippen LogP) is 5.12. The standard InChI is InChI=1S/C24H27O2S.C2H4O2/c1-3-18-25-20-10-14-23(15-11-20)27(22-8-6-5-7-9-22)24-16-12-21(13-17-24)26-19-4-2;1-2(3)4/h5-17H,3-4,18-19H2,1-2H3;1H3,(H,3,4)/q+1;/p-1. The van der Waals surface area contributed by atoms with Crippen molar-refractivity contribution in [2.75, 3.05) is 13.2 Å². The molecule has 0 spiro atoms. The van der Waals surface area contributed by atoms with Crippen molar-refractivity contribution in [3.63, 3.8) is 0 Å². The second kappa shape index (κ2) is 13.4. The summed E-state index contributed by atoms with van der Waals surface area (Å²) in [5, 5.41) is 8.89. The van der Waals surface area contributed by atoms with Crippen LogP contribution in [0.3, 0.4) is 0 Å². The number of benzene rings is 3. The lowest BCUT2D eigenvalue weighted by molar-refractivity contribution is -0.302. The van der Waals surface area contributed by atoms with Crippen molar-refractivity contribution in [3.05, 3.63) is 78.9 Å². The van der Waals surface area contributed by atoms with Gasteiger partial charge in [-0.15, -0.1) is 0 Å². The Morgan fingerprint density at radius 3 is 1.42 bits per heavy atom. The van der Waals surface area contributed by atoms with E-state index in [9.17, 15) is 0 Å². The van der Waals surface area contributed by atoms with Crippen LogP contribution in [-0.4, -0.2) is 19.2 Å². The maximum Gasteiger partial charge on any atom is 0.166 e. The summed E-state index contributed by atoms with van der Waals surface area (Å²) >= 11 is 0. The third kappa shape index (κ3) is 8.38. The predicted molar refractivity (Wildman–Crippen MR) is 124 cm³/mol. The molecular formula is C26H30O4S. The van der Waals surface area contributed by atoms with Gasteiger partial charge >= 0.3 is 0 Å². The summed E-state index contributed by atoms with van der Waals surface area (Å²) in [6.45, 7) is 6.72. The minimum atomic E-state index is -1.08. The first kappa shape index (κ1) is 24.4. The molecule has 5 heteroatoms. The van der Waals surface area contributed by atoms with Gasteiger partial charge in [-0.3, -0.25) is 0 Å². The molecule has 0 unspecified atom stereocenters. The zero-order valence-corrected chi connectivity index (χ0v) is 19.2. The van der Waals surface area contributed by atoms with E-state index in [1.807, 2.05) is 0 Å². The molecule has 164 valence electrons. The number of carboxylic acid groups (broad SMARTS) is 1. The molecule has 0 bridgehead atoms. The summed E-state index contributed by atoms with van der Waals surface area (Å²) in [6.07, 6.45) is 2.03. The van der Waals surface area contributed by atoms with Crippen LogP contribution in [0, 0.1) is 0 Å². The number of ether oxygens (including phenoxy) is 2. The largest absolute Gasteiger partial charge is 0.550 e. The maximum absolute atomic E-state index is 8.89. The molecule has 0 atom stereocenters. The maximum atomic E-state index is 8.89. The summed E-state index contributed by atoms with van der Waals surface area (Å²) in [4.78, 5) is 12.8. The number of carbonyl (C=O) groups excluding carboxylic acids is 1. The van der Waals surface area contributed by atoms with Crippen LogP contribution >= 0.6 is 0 Å². The molecule has 3 rings (SSSR count). The third-order valence-electron chi connectivity index (χ3n) is 4.04. The quantitative estimate of drug-likeness (QED) is 0.435. The monoisotopic (exact) mass is 438 g/mol. The highest BCUT2D eigenvalue weighted by atomic mass is 32.2. The van der Waals surface area contributed by atoms with E-state index < -0.39 is 5.97 Å². The van der Waals surface area contributed by atoms with E-state index in [0.29, 0.717) is 0 Å². The van der Waals surface area contributed by atoms with Crippen molar-refractivity contribution >= 4 is 16.9 Å². The van der Waals surface area contributed by atoms with E-state index in [4.69, 9.17) is 19.4 Å². The van der Waals surface area contributed by atoms with Gasteiger partial charge in [-0.1, -0.05) is 32.0 Å². The van der Waals surface area contributed by atoms with Crippen LogP contribution < -0.4 is 14.6 Å². The molecule has 0 aliphatic rings. The van der Waals surface area contributed by atoms with E-state index >= 15 is 0 Å². The molecule has 31 heavy (non-hydrogen) atoms. The summed E-state index contributed by atoms with van der Waals surface area (Å²) in [7, 11) is -0.154. The van der Waals surface area contributed by atoms with Gasteiger partial charge in [-0.25, -0.2) is 0 Å². The molecule has 0 saturated carbocycles. The lowest BCUT2D eigenvalue weighted by Gasteiger charge is -2.10. The number of carbonyl (C=O) groups is 1. The Hall–Kier alpha value is -2.92. The Morgan fingerprint density at radius 2 is 1.06 bits per heavy atom. The first-order valence-electron chi connectivity index (χ1n) is 10.5. The Morgan fingerprint density at radius 1 is 0.710 bits per heavy atom. The number of hydrogen-bond donors (Lipinski definition) is 0. The summed E-state index contributed by atoms with van der Waals surface area (Å²) < 4.78 is 11.5. The van der Waals surface area contributed by atoms with E-state index in [1.165, 1.54) is 14.7 Å². The molecule has 0 aliphatic carbocycles. The Balaban J connectivity index is 0.000000785. The second-order valence-electron chi connectivity index (χ2n) is 6.75. The van der Waals surface area contributed by atoms with Crippen molar-refractivity contribution < 1.29 is 19.4 Å². The van der Waals surface area contributed by atoms with Crippen molar-refractivity contribution in [2.24, 2.45) is 0 Å². The van der Waals surface area contributed by atoms with Gasteiger partial charge in [0.25, 0.3) is 0 Å². The van der Waals surface area contributed by atoms with Crippen molar-refractivity contribution in [2.45, 2.75) is 48.3 Å². The van der Waals surface area contributed by atoms with Crippen molar-refractivity contribution in [1.29, 1.82) is 0 Å². The van der Waals surface area contributed by atoms with E-state index in [2.05, 4.69) is 92.7 Å². The average molecular weight is 439 g/mol. The van der Waals surface area contributed by atoms with Crippen molar-refractivity contribution in [3.8, 4) is 11.5 Å². The highest BCUT2D eigenvalue weighted by Gasteiger charge is 2.28. The van der Waals surface area contributed by atoms with Crippen LogP contribution in [0.2, 0.25) is 0 Å². The molecule has 3 aromatic carbocycles. The second-order valence-corrected chi connectivity index (χ2v) is 8.78. The topological polar surface area (TPSA) is 58.6 Å². The zero-order chi connectivity index (χ0) is 22.5. The van der Waals surface area contributed by atoms with Gasteiger partial charge in [0, 0.05) is 5.97 Å². The lowest BCUT2D eigenvalue weighted by atomic mass is 10.3. The van der Waals surface area contributed by atoms with Crippen LogP contribution in [-0.2, 0) is 15.7 Å². The highest BCUT2D eigenvalue weighted by Crippen LogP contribution is 2.33. The van der Waals surface area contributed by atoms with Gasteiger partial charge in [0.05, 0.1) is 24.1 Å². The van der Waals surface area contributed by atoms with E-state index in [-0.39, 0.29) is 10.9 Å². The smallest absolute Gasteiger partial charge is 0.166 e. The third-order valence-corrected chi connectivity index (χ3v) is 6.27. The van der Waals surface area contributed by atoms with E-state index in [0.717, 1.165) is 44.5 Å². The Kier molecular flexibility index (Phi) is 10.5. The van der Waals surface area contributed by atoms with Crippen LogP contribution in [0.1, 0.15) is 33.6 Å². The fourth-order valence-corrected chi connectivity index (χ4v) is 4.81. The molecule has 0 aromatic heterocycles. The molecule has 0 N–H and O–H groups in total. The fraction of sp³-hybridized carbons (Fsp3) is 0.269. The van der Waals surface area contributed by atoms with Crippen LogP contribution in [0.25, 0.3) is 0 Å². The SMILES string of the molecule is CC(=O)[O-].CCCOc1ccc([S+](c2ccccc2)c2ccc(OCCC)cc2)cc1. The number of hydrogen-bond acceptors (Lipinski definition) is 4. The molecule has 0 radical (unpaired) electrons. The van der Waals surface area contributed by atoms with Gasteiger partial charge in [0.1, 0.15) is 11.5 Å². The van der Waals surface area contributed by atoms with Crippen molar-refractivity contribution in [1.82, 2.24) is 0 Å². The molecular weight excluding hydrogens is 408 g/mol. The number of rotatable bonds is 9. The molecule has 0 heterocycles. The van der Waals surface area contributed by atoms with Gasteiger partial charge in [-0.05, 0) is 80.4 Å². The van der Waals surface area contributed by atoms with Crippen LogP contribution in [0.4, 0.5) is 0 Å². The number of carboxylic acids is 1. The summed E-state index contributed by atoms with van der Waals surface area (Å²) in [5.74, 6) is 0.779.